The molecule has 64 valence electrons. The van der Waals surface area contributed by atoms with Gasteiger partial charge in [-0.3, -0.25) is 0 Å². The van der Waals surface area contributed by atoms with Crippen LogP contribution in [0.5, 0.6) is 0 Å². The van der Waals surface area contributed by atoms with Gasteiger partial charge in [-0.05, 0) is 25.9 Å². The van der Waals surface area contributed by atoms with Crippen molar-refractivity contribution in [3.05, 3.63) is 0 Å². The lowest BCUT2D eigenvalue weighted by Gasteiger charge is -2.25. The molecule has 0 amide bonds. The summed E-state index contributed by atoms with van der Waals surface area (Å²) in [5.74, 6) is 0. The van der Waals surface area contributed by atoms with Gasteiger partial charge in [0.25, 0.3) is 8.32 Å². The van der Waals surface area contributed by atoms with Gasteiger partial charge in [0, 0.05) is 6.10 Å². The fourth-order valence-electron chi connectivity index (χ4n) is 1.11. The quantitative estimate of drug-likeness (QED) is 0.465. The predicted octanol–water partition coefficient (Wildman–Crippen LogP) is 2.57. The minimum Gasteiger partial charge on any atom is -0.403 e. The molecule has 0 aliphatic rings. The normalized spacial score (nSPS) is 11.6. The molecule has 0 radical (unpaired) electrons. The summed E-state index contributed by atoms with van der Waals surface area (Å²) in [5.41, 5.74) is 2.86. The molecule has 11 heavy (non-hydrogen) atoms. The average molecular weight is 170 g/mol. The summed E-state index contributed by atoms with van der Waals surface area (Å²) in [6.07, 6.45) is 5.74. The summed E-state index contributed by atoms with van der Waals surface area (Å²) in [4.78, 5) is 0. The Kier molecular flexibility index (Phi) is 4.47. The van der Waals surface area contributed by atoms with Crippen LogP contribution >= 0.6 is 0 Å². The van der Waals surface area contributed by atoms with Crippen molar-refractivity contribution in [1.29, 1.82) is 0 Å². The molecule has 0 N–H and O–H groups in total. The molecule has 2 heteroatoms. The molecule has 0 aromatic carbocycles. The second kappa shape index (κ2) is 4.58. The Hall–Kier alpha value is -0.263. The maximum atomic E-state index is 5.79. The SMILES string of the molecule is C#C[Si](CC)(CC)OC(C)C. The first kappa shape index (κ1) is 10.7. The Labute approximate surface area is 71.3 Å². The minimum absolute atomic E-state index is 0.276. The zero-order valence-corrected chi connectivity index (χ0v) is 8.98. The zero-order chi connectivity index (χ0) is 8.91. The molecule has 0 fully saturated rings. The van der Waals surface area contributed by atoms with E-state index in [2.05, 4.69) is 19.4 Å². The van der Waals surface area contributed by atoms with Crippen molar-refractivity contribution in [3.63, 3.8) is 0 Å². The molecular weight excluding hydrogens is 152 g/mol. The molecule has 0 saturated heterocycles. The second-order valence-corrected chi connectivity index (χ2v) is 6.94. The van der Waals surface area contributed by atoms with E-state index in [1.807, 2.05) is 13.8 Å². The van der Waals surface area contributed by atoms with Gasteiger partial charge < -0.3 is 4.43 Å². The topological polar surface area (TPSA) is 9.23 Å². The lowest BCUT2D eigenvalue weighted by atomic mass is 10.5. The second-order valence-electron chi connectivity index (χ2n) is 3.01. The fraction of sp³-hybridized carbons (Fsp3) is 0.778. The molecule has 1 nitrogen and oxygen atoms in total. The van der Waals surface area contributed by atoms with Gasteiger partial charge in [0.1, 0.15) is 0 Å². The summed E-state index contributed by atoms with van der Waals surface area (Å²) in [6, 6.07) is 2.05. The first-order valence-electron chi connectivity index (χ1n) is 4.25. The van der Waals surface area contributed by atoms with E-state index in [0.29, 0.717) is 0 Å². The van der Waals surface area contributed by atoms with Crippen LogP contribution in [0.3, 0.4) is 0 Å². The van der Waals surface area contributed by atoms with E-state index < -0.39 is 8.32 Å². The zero-order valence-electron chi connectivity index (χ0n) is 7.98. The minimum atomic E-state index is -1.75. The summed E-state index contributed by atoms with van der Waals surface area (Å²) in [5, 5.41) is 0. The van der Waals surface area contributed by atoms with E-state index in [1.54, 1.807) is 0 Å². The Bertz CT molecular complexity index is 142. The van der Waals surface area contributed by atoms with Gasteiger partial charge in [0.05, 0.1) is 0 Å². The average Bonchev–Trinajstić information content (AvgIpc) is 2.00. The van der Waals surface area contributed by atoms with Crippen LogP contribution in [0.1, 0.15) is 27.7 Å². The lowest BCUT2D eigenvalue weighted by Crippen LogP contribution is -2.37. The fourth-order valence-corrected chi connectivity index (χ4v) is 3.32. The largest absolute Gasteiger partial charge is 0.403 e. The van der Waals surface area contributed by atoms with Crippen molar-refractivity contribution >= 4 is 8.32 Å². The van der Waals surface area contributed by atoms with Crippen LogP contribution in [0.4, 0.5) is 0 Å². The molecule has 0 rings (SSSR count). The van der Waals surface area contributed by atoms with Crippen LogP contribution in [0.15, 0.2) is 0 Å². The highest BCUT2D eigenvalue weighted by atomic mass is 28.4. The molecule has 0 aliphatic carbocycles. The van der Waals surface area contributed by atoms with Gasteiger partial charge in [0.2, 0.25) is 0 Å². The Morgan fingerprint density at radius 1 is 1.36 bits per heavy atom. The van der Waals surface area contributed by atoms with E-state index in [-0.39, 0.29) is 6.10 Å². The Balaban J connectivity index is 4.20. The Morgan fingerprint density at radius 3 is 1.91 bits per heavy atom. The number of rotatable bonds is 4. The molecule has 0 saturated carbocycles. The maximum absolute atomic E-state index is 5.79. The number of terminal acetylenes is 1. The van der Waals surface area contributed by atoms with Gasteiger partial charge in [-0.25, -0.2) is 0 Å². The van der Waals surface area contributed by atoms with Gasteiger partial charge in [-0.1, -0.05) is 13.8 Å². The van der Waals surface area contributed by atoms with E-state index in [4.69, 9.17) is 10.8 Å². The monoisotopic (exact) mass is 170 g/mol. The van der Waals surface area contributed by atoms with Gasteiger partial charge in [-0.15, -0.1) is 12.0 Å². The van der Waals surface area contributed by atoms with E-state index >= 15 is 0 Å². The van der Waals surface area contributed by atoms with Gasteiger partial charge >= 0.3 is 0 Å². The maximum Gasteiger partial charge on any atom is 0.271 e. The first-order valence-corrected chi connectivity index (χ1v) is 6.58. The van der Waals surface area contributed by atoms with E-state index in [0.717, 1.165) is 12.1 Å². The predicted molar refractivity (Wildman–Crippen MR) is 51.8 cm³/mol. The van der Waals surface area contributed by atoms with Gasteiger partial charge in [-0.2, -0.15) is 0 Å². The molecular formula is C9H18OSi. The van der Waals surface area contributed by atoms with Crippen LogP contribution < -0.4 is 0 Å². The third kappa shape index (κ3) is 3.09. The smallest absolute Gasteiger partial charge is 0.271 e. The highest BCUT2D eigenvalue weighted by Gasteiger charge is 2.29. The molecule has 0 atom stereocenters. The molecule has 0 spiro atoms. The standard InChI is InChI=1S/C9H18OSi/c1-6-11(7-2,8-3)10-9(4)5/h1,9H,7-8H2,2-5H3. The van der Waals surface area contributed by atoms with Crippen LogP contribution in [0.25, 0.3) is 0 Å². The van der Waals surface area contributed by atoms with Crippen LogP contribution in [0, 0.1) is 12.0 Å². The van der Waals surface area contributed by atoms with Crippen molar-refractivity contribution < 1.29 is 4.43 Å². The summed E-state index contributed by atoms with van der Waals surface area (Å²) in [6.45, 7) is 8.34. The molecule has 0 unspecified atom stereocenters. The highest BCUT2D eigenvalue weighted by Crippen LogP contribution is 2.17. The summed E-state index contributed by atoms with van der Waals surface area (Å²) in [7, 11) is -1.75. The molecule has 0 aromatic heterocycles. The van der Waals surface area contributed by atoms with Crippen LogP contribution in [-0.2, 0) is 4.43 Å². The van der Waals surface area contributed by atoms with Gasteiger partial charge in [0.15, 0.2) is 0 Å². The first-order chi connectivity index (χ1) is 5.10. The number of hydrogen-bond donors (Lipinski definition) is 0. The number of hydrogen-bond acceptors (Lipinski definition) is 1. The molecule has 0 bridgehead atoms. The van der Waals surface area contributed by atoms with E-state index in [9.17, 15) is 0 Å². The van der Waals surface area contributed by atoms with Crippen LogP contribution in [0.2, 0.25) is 12.1 Å². The van der Waals surface area contributed by atoms with Crippen LogP contribution in [-0.4, -0.2) is 14.4 Å². The molecule has 0 aromatic rings. The highest BCUT2D eigenvalue weighted by molar-refractivity contribution is 6.81. The van der Waals surface area contributed by atoms with Crippen molar-refractivity contribution in [3.8, 4) is 12.0 Å². The van der Waals surface area contributed by atoms with Crippen molar-refractivity contribution in [2.75, 3.05) is 0 Å². The molecule has 0 heterocycles. The van der Waals surface area contributed by atoms with Crippen molar-refractivity contribution in [2.45, 2.75) is 45.9 Å². The summed E-state index contributed by atoms with van der Waals surface area (Å²) >= 11 is 0. The summed E-state index contributed by atoms with van der Waals surface area (Å²) < 4.78 is 5.79. The molecule has 0 aliphatic heterocycles. The third-order valence-corrected chi connectivity index (χ3v) is 5.60. The van der Waals surface area contributed by atoms with Crippen molar-refractivity contribution in [2.24, 2.45) is 0 Å². The lowest BCUT2D eigenvalue weighted by molar-refractivity contribution is 0.233. The third-order valence-electron chi connectivity index (χ3n) is 1.87. The van der Waals surface area contributed by atoms with E-state index in [1.165, 1.54) is 0 Å². The van der Waals surface area contributed by atoms with Crippen molar-refractivity contribution in [1.82, 2.24) is 0 Å². The Morgan fingerprint density at radius 2 is 1.82 bits per heavy atom.